The van der Waals surface area contributed by atoms with Crippen molar-refractivity contribution in [1.29, 1.82) is 0 Å². The molecule has 0 spiro atoms. The number of aromatic amines is 1. The van der Waals surface area contributed by atoms with Crippen LogP contribution in [-0.2, 0) is 6.42 Å². The molecule has 0 amide bonds. The number of hydrogen-bond donors (Lipinski definition) is 2. The molecule has 1 aromatic heterocycles. The van der Waals surface area contributed by atoms with Crippen molar-refractivity contribution in [3.05, 3.63) is 58.9 Å². The summed E-state index contributed by atoms with van der Waals surface area (Å²) >= 11 is 0. The summed E-state index contributed by atoms with van der Waals surface area (Å²) in [6, 6.07) is 11.0. The summed E-state index contributed by atoms with van der Waals surface area (Å²) in [6.07, 6.45) is 3.06. The highest BCUT2D eigenvalue weighted by atomic mass is 19.1. The lowest BCUT2D eigenvalue weighted by molar-refractivity contribution is 0.628. The van der Waals surface area contributed by atoms with E-state index >= 15 is 0 Å². The van der Waals surface area contributed by atoms with Crippen LogP contribution < -0.4 is 5.73 Å². The van der Waals surface area contributed by atoms with Gasteiger partial charge in [0.1, 0.15) is 5.82 Å². The summed E-state index contributed by atoms with van der Waals surface area (Å²) < 4.78 is 13.3. The highest BCUT2D eigenvalue weighted by Gasteiger charge is 2.16. The Labute approximate surface area is 136 Å². The highest BCUT2D eigenvalue weighted by molar-refractivity contribution is 5.95. The molecule has 0 aliphatic rings. The van der Waals surface area contributed by atoms with Crippen LogP contribution in [0.2, 0.25) is 0 Å². The highest BCUT2D eigenvalue weighted by Crippen LogP contribution is 2.35. The van der Waals surface area contributed by atoms with Crippen LogP contribution >= 0.6 is 0 Å². The molecule has 0 saturated carbocycles. The molecule has 2 nitrogen and oxygen atoms in total. The van der Waals surface area contributed by atoms with Gasteiger partial charge in [-0.05, 0) is 86.2 Å². The number of nitrogens with two attached hydrogens (primary N) is 1. The standard InChI is InChI=1S/C20H23FN2/c1-13-6-7-14(2)19-18(13)17(5-3-4-12-22)20(23-19)15-8-10-16(21)11-9-15/h6-11,23H,3-5,12,22H2,1-2H3. The third kappa shape index (κ3) is 3.02. The molecule has 0 aliphatic carbocycles. The Balaban J connectivity index is 2.19. The van der Waals surface area contributed by atoms with Crippen molar-refractivity contribution in [1.82, 2.24) is 4.98 Å². The zero-order chi connectivity index (χ0) is 16.4. The molecule has 0 unspecified atom stereocenters. The second kappa shape index (κ2) is 6.55. The lowest BCUT2D eigenvalue weighted by Gasteiger charge is -2.07. The molecule has 3 N–H and O–H groups in total. The normalized spacial score (nSPS) is 11.3. The number of rotatable bonds is 5. The molecule has 0 saturated heterocycles. The number of benzene rings is 2. The average Bonchev–Trinajstić information content (AvgIpc) is 2.93. The molecule has 120 valence electrons. The number of halogens is 1. The molecule has 0 bridgehead atoms. The summed E-state index contributed by atoms with van der Waals surface area (Å²) in [6.45, 7) is 4.99. The van der Waals surface area contributed by atoms with Gasteiger partial charge in [0.2, 0.25) is 0 Å². The van der Waals surface area contributed by atoms with Crippen molar-refractivity contribution in [2.45, 2.75) is 33.1 Å². The average molecular weight is 310 g/mol. The Kier molecular flexibility index (Phi) is 4.49. The lowest BCUT2D eigenvalue weighted by Crippen LogP contribution is -1.99. The van der Waals surface area contributed by atoms with Gasteiger partial charge in [-0.3, -0.25) is 0 Å². The predicted molar refractivity (Wildman–Crippen MR) is 95.2 cm³/mol. The second-order valence-corrected chi connectivity index (χ2v) is 6.18. The predicted octanol–water partition coefficient (Wildman–Crippen LogP) is 4.87. The summed E-state index contributed by atoms with van der Waals surface area (Å²) in [5.41, 5.74) is 12.8. The van der Waals surface area contributed by atoms with E-state index in [1.807, 2.05) is 12.1 Å². The maximum Gasteiger partial charge on any atom is 0.123 e. The van der Waals surface area contributed by atoms with Crippen LogP contribution in [0.5, 0.6) is 0 Å². The Hall–Kier alpha value is -2.13. The van der Waals surface area contributed by atoms with Crippen LogP contribution in [0.15, 0.2) is 36.4 Å². The van der Waals surface area contributed by atoms with Gasteiger partial charge in [0.05, 0.1) is 0 Å². The quantitative estimate of drug-likeness (QED) is 0.648. The van der Waals surface area contributed by atoms with Crippen molar-refractivity contribution in [2.24, 2.45) is 5.73 Å². The molecule has 3 rings (SSSR count). The van der Waals surface area contributed by atoms with E-state index in [1.54, 1.807) is 0 Å². The summed E-state index contributed by atoms with van der Waals surface area (Å²) in [5.74, 6) is -0.207. The van der Waals surface area contributed by atoms with Gasteiger partial charge in [-0.1, -0.05) is 12.1 Å². The van der Waals surface area contributed by atoms with E-state index in [0.717, 1.165) is 30.5 Å². The second-order valence-electron chi connectivity index (χ2n) is 6.18. The summed E-state index contributed by atoms with van der Waals surface area (Å²) in [4.78, 5) is 3.58. The maximum atomic E-state index is 13.3. The van der Waals surface area contributed by atoms with E-state index in [9.17, 15) is 4.39 Å². The van der Waals surface area contributed by atoms with Gasteiger partial charge < -0.3 is 10.7 Å². The fraction of sp³-hybridized carbons (Fsp3) is 0.300. The van der Waals surface area contributed by atoms with E-state index in [0.29, 0.717) is 6.54 Å². The molecule has 1 heterocycles. The Morgan fingerprint density at radius 3 is 2.35 bits per heavy atom. The minimum Gasteiger partial charge on any atom is -0.354 e. The fourth-order valence-electron chi connectivity index (χ4n) is 3.25. The summed E-state index contributed by atoms with van der Waals surface area (Å²) in [7, 11) is 0. The van der Waals surface area contributed by atoms with Crippen molar-refractivity contribution in [3.63, 3.8) is 0 Å². The zero-order valence-electron chi connectivity index (χ0n) is 13.7. The van der Waals surface area contributed by atoms with Gasteiger partial charge in [-0.25, -0.2) is 4.39 Å². The maximum absolute atomic E-state index is 13.3. The third-order valence-electron chi connectivity index (χ3n) is 4.49. The van der Waals surface area contributed by atoms with Gasteiger partial charge in [-0.2, -0.15) is 0 Å². The smallest absolute Gasteiger partial charge is 0.123 e. The molecule has 0 atom stereocenters. The van der Waals surface area contributed by atoms with Gasteiger partial charge in [0, 0.05) is 16.6 Å². The topological polar surface area (TPSA) is 41.8 Å². The first kappa shape index (κ1) is 15.8. The molecular formula is C20H23FN2. The number of H-pyrrole nitrogens is 1. The number of aryl methyl sites for hydroxylation is 3. The van der Waals surface area contributed by atoms with Crippen molar-refractivity contribution >= 4 is 10.9 Å². The van der Waals surface area contributed by atoms with Crippen LogP contribution in [0, 0.1) is 19.7 Å². The van der Waals surface area contributed by atoms with Crippen LogP contribution in [0.4, 0.5) is 4.39 Å². The molecule has 23 heavy (non-hydrogen) atoms. The number of aromatic nitrogens is 1. The van der Waals surface area contributed by atoms with Crippen molar-refractivity contribution in [3.8, 4) is 11.3 Å². The minimum atomic E-state index is -0.207. The van der Waals surface area contributed by atoms with Gasteiger partial charge in [-0.15, -0.1) is 0 Å². The Bertz CT molecular complexity index is 816. The van der Waals surface area contributed by atoms with Crippen LogP contribution in [0.25, 0.3) is 22.2 Å². The largest absolute Gasteiger partial charge is 0.354 e. The first-order valence-electron chi connectivity index (χ1n) is 8.18. The summed E-state index contributed by atoms with van der Waals surface area (Å²) in [5, 5.41) is 1.31. The first-order chi connectivity index (χ1) is 11.1. The number of fused-ring (bicyclic) bond motifs is 1. The van der Waals surface area contributed by atoms with Gasteiger partial charge >= 0.3 is 0 Å². The van der Waals surface area contributed by atoms with Crippen LogP contribution in [0.1, 0.15) is 29.5 Å². The Morgan fingerprint density at radius 2 is 1.65 bits per heavy atom. The number of hydrogen-bond acceptors (Lipinski definition) is 1. The molecular weight excluding hydrogens is 287 g/mol. The lowest BCUT2D eigenvalue weighted by atomic mass is 9.97. The molecule has 3 heteroatoms. The molecule has 2 aromatic carbocycles. The van der Waals surface area contributed by atoms with Crippen molar-refractivity contribution < 1.29 is 4.39 Å². The molecule has 0 fully saturated rings. The molecule has 0 radical (unpaired) electrons. The Morgan fingerprint density at radius 1 is 0.957 bits per heavy atom. The van der Waals surface area contributed by atoms with E-state index in [2.05, 4.69) is 31.0 Å². The SMILES string of the molecule is Cc1ccc(C)c2c(CCCCN)c(-c3ccc(F)cc3)[nH]c12. The monoisotopic (exact) mass is 310 g/mol. The fourth-order valence-corrected chi connectivity index (χ4v) is 3.25. The molecule has 3 aromatic rings. The van der Waals surface area contributed by atoms with E-state index in [4.69, 9.17) is 5.73 Å². The van der Waals surface area contributed by atoms with E-state index < -0.39 is 0 Å². The number of unbranched alkanes of at least 4 members (excludes halogenated alkanes) is 1. The van der Waals surface area contributed by atoms with Gasteiger partial charge in [0.25, 0.3) is 0 Å². The zero-order valence-corrected chi connectivity index (χ0v) is 13.7. The van der Waals surface area contributed by atoms with Crippen LogP contribution in [-0.4, -0.2) is 11.5 Å². The van der Waals surface area contributed by atoms with Crippen LogP contribution in [0.3, 0.4) is 0 Å². The van der Waals surface area contributed by atoms with Crippen molar-refractivity contribution in [2.75, 3.05) is 6.54 Å². The minimum absolute atomic E-state index is 0.207. The van der Waals surface area contributed by atoms with Gasteiger partial charge in [0.15, 0.2) is 0 Å². The molecule has 0 aliphatic heterocycles. The van der Waals surface area contributed by atoms with E-state index in [-0.39, 0.29) is 5.82 Å². The number of nitrogens with one attached hydrogen (secondary N) is 1. The first-order valence-corrected chi connectivity index (χ1v) is 8.18. The third-order valence-corrected chi connectivity index (χ3v) is 4.49. The van der Waals surface area contributed by atoms with E-state index in [1.165, 1.54) is 39.7 Å².